The highest BCUT2D eigenvalue weighted by molar-refractivity contribution is 7.18. The second kappa shape index (κ2) is 6.04. The van der Waals surface area contributed by atoms with Crippen molar-refractivity contribution in [3.05, 3.63) is 23.2 Å². The van der Waals surface area contributed by atoms with Crippen molar-refractivity contribution in [3.8, 4) is 0 Å². The molecule has 0 bridgehead atoms. The summed E-state index contributed by atoms with van der Waals surface area (Å²) in [6.45, 7) is 1.96. The van der Waals surface area contributed by atoms with Crippen LogP contribution >= 0.6 is 11.3 Å². The zero-order valence-electron chi connectivity index (χ0n) is 12.3. The van der Waals surface area contributed by atoms with Crippen molar-refractivity contribution in [2.45, 2.75) is 32.6 Å². The van der Waals surface area contributed by atoms with E-state index in [4.69, 9.17) is 5.11 Å². The van der Waals surface area contributed by atoms with Crippen LogP contribution in [0.1, 0.15) is 30.7 Å². The third-order valence-electron chi connectivity index (χ3n) is 4.21. The summed E-state index contributed by atoms with van der Waals surface area (Å²) in [6, 6.07) is 5.72. The maximum Gasteiger partial charge on any atom is 0.306 e. The number of aliphatic carboxylic acids is 1. The Bertz CT molecular complexity index is 717. The van der Waals surface area contributed by atoms with Gasteiger partial charge in [-0.1, -0.05) is 0 Å². The van der Waals surface area contributed by atoms with E-state index >= 15 is 0 Å². The van der Waals surface area contributed by atoms with Gasteiger partial charge >= 0.3 is 5.97 Å². The standard InChI is InChI=1S/C16H18N2O3S/c1-9-17-13-7-6-12(8-14(13)22-9)18-15(19)10-2-4-11(5-3-10)16(20)21/h6-8,10-11H,2-5H2,1H3,(H,18,19)(H,20,21). The third kappa shape index (κ3) is 3.11. The highest BCUT2D eigenvalue weighted by atomic mass is 32.1. The Hall–Kier alpha value is -1.95. The molecule has 1 amide bonds. The average Bonchev–Trinajstić information content (AvgIpc) is 2.86. The Balaban J connectivity index is 1.64. The van der Waals surface area contributed by atoms with Crippen LogP contribution < -0.4 is 5.32 Å². The number of anilines is 1. The van der Waals surface area contributed by atoms with Crippen LogP contribution in [-0.4, -0.2) is 22.0 Å². The molecule has 5 nitrogen and oxygen atoms in total. The summed E-state index contributed by atoms with van der Waals surface area (Å²) < 4.78 is 1.06. The summed E-state index contributed by atoms with van der Waals surface area (Å²) in [4.78, 5) is 27.7. The molecule has 2 N–H and O–H groups in total. The van der Waals surface area contributed by atoms with Gasteiger partial charge in [0.2, 0.25) is 5.91 Å². The van der Waals surface area contributed by atoms with Gasteiger partial charge in [-0.2, -0.15) is 0 Å². The van der Waals surface area contributed by atoms with E-state index in [9.17, 15) is 9.59 Å². The van der Waals surface area contributed by atoms with E-state index in [2.05, 4.69) is 10.3 Å². The van der Waals surface area contributed by atoms with E-state index in [1.54, 1.807) is 11.3 Å². The van der Waals surface area contributed by atoms with Crippen LogP contribution in [-0.2, 0) is 9.59 Å². The largest absolute Gasteiger partial charge is 0.481 e. The first-order chi connectivity index (χ1) is 10.5. The number of carbonyl (C=O) groups is 2. The molecule has 0 radical (unpaired) electrons. The number of aryl methyl sites for hydroxylation is 1. The molecule has 22 heavy (non-hydrogen) atoms. The molecule has 0 spiro atoms. The Morgan fingerprint density at radius 1 is 1.23 bits per heavy atom. The molecule has 6 heteroatoms. The van der Waals surface area contributed by atoms with Crippen molar-refractivity contribution in [3.63, 3.8) is 0 Å². The van der Waals surface area contributed by atoms with Crippen LogP contribution in [0.15, 0.2) is 18.2 Å². The topological polar surface area (TPSA) is 79.3 Å². The van der Waals surface area contributed by atoms with Crippen LogP contribution in [0.2, 0.25) is 0 Å². The molecule has 3 rings (SSSR count). The second-order valence-corrected chi connectivity index (χ2v) is 7.03. The zero-order valence-corrected chi connectivity index (χ0v) is 13.2. The van der Waals surface area contributed by atoms with Crippen molar-refractivity contribution in [1.29, 1.82) is 0 Å². The Kier molecular flexibility index (Phi) is 4.11. The van der Waals surface area contributed by atoms with Gasteiger partial charge in [-0.25, -0.2) is 4.98 Å². The van der Waals surface area contributed by atoms with E-state index in [1.807, 2.05) is 25.1 Å². The molecular weight excluding hydrogens is 300 g/mol. The van der Waals surface area contributed by atoms with Gasteiger partial charge in [-0.15, -0.1) is 11.3 Å². The number of benzene rings is 1. The number of carboxylic acids is 1. The molecule has 1 heterocycles. The van der Waals surface area contributed by atoms with Gasteiger partial charge in [-0.05, 0) is 50.8 Å². The summed E-state index contributed by atoms with van der Waals surface area (Å²) in [5.74, 6) is -1.13. The van der Waals surface area contributed by atoms with Gasteiger partial charge < -0.3 is 10.4 Å². The number of aromatic nitrogens is 1. The molecule has 0 aliphatic heterocycles. The lowest BCUT2D eigenvalue weighted by Crippen LogP contribution is -2.29. The van der Waals surface area contributed by atoms with Gasteiger partial charge in [0.15, 0.2) is 0 Å². The van der Waals surface area contributed by atoms with Crippen molar-refractivity contribution in [1.82, 2.24) is 4.98 Å². The number of thiazole rings is 1. The number of nitrogens with zero attached hydrogens (tertiary/aromatic N) is 1. The Morgan fingerprint density at radius 2 is 1.91 bits per heavy atom. The lowest BCUT2D eigenvalue weighted by Gasteiger charge is -2.25. The molecule has 0 atom stereocenters. The van der Waals surface area contributed by atoms with E-state index in [0.29, 0.717) is 25.7 Å². The third-order valence-corrected chi connectivity index (χ3v) is 5.14. The molecule has 1 fully saturated rings. The molecule has 1 aromatic carbocycles. The van der Waals surface area contributed by atoms with Crippen molar-refractivity contribution < 1.29 is 14.7 Å². The van der Waals surface area contributed by atoms with Crippen molar-refractivity contribution in [2.75, 3.05) is 5.32 Å². The van der Waals surface area contributed by atoms with E-state index < -0.39 is 5.97 Å². The fourth-order valence-electron chi connectivity index (χ4n) is 2.96. The van der Waals surface area contributed by atoms with Crippen LogP contribution in [0.4, 0.5) is 5.69 Å². The smallest absolute Gasteiger partial charge is 0.306 e. The van der Waals surface area contributed by atoms with E-state index in [1.165, 1.54) is 0 Å². The van der Waals surface area contributed by atoms with E-state index in [0.717, 1.165) is 20.9 Å². The quantitative estimate of drug-likeness (QED) is 0.908. The highest BCUT2D eigenvalue weighted by Crippen LogP contribution is 2.30. The van der Waals surface area contributed by atoms with Crippen LogP contribution in [0.25, 0.3) is 10.2 Å². The van der Waals surface area contributed by atoms with Gasteiger partial charge in [0, 0.05) is 11.6 Å². The van der Waals surface area contributed by atoms with Gasteiger partial charge in [0.05, 0.1) is 21.1 Å². The molecule has 0 unspecified atom stereocenters. The zero-order chi connectivity index (χ0) is 15.7. The first-order valence-corrected chi connectivity index (χ1v) is 8.25. The fourth-order valence-corrected chi connectivity index (χ4v) is 3.83. The Labute approximate surface area is 132 Å². The van der Waals surface area contributed by atoms with E-state index in [-0.39, 0.29) is 17.7 Å². The Morgan fingerprint density at radius 3 is 2.59 bits per heavy atom. The lowest BCUT2D eigenvalue weighted by molar-refractivity contribution is -0.143. The fraction of sp³-hybridized carbons (Fsp3) is 0.438. The minimum atomic E-state index is -0.745. The average molecular weight is 318 g/mol. The maximum atomic E-state index is 12.3. The molecule has 1 saturated carbocycles. The minimum absolute atomic E-state index is 0.00979. The molecule has 0 saturated heterocycles. The predicted molar refractivity (Wildman–Crippen MR) is 86.1 cm³/mol. The monoisotopic (exact) mass is 318 g/mol. The summed E-state index contributed by atoms with van der Waals surface area (Å²) in [5, 5.41) is 13.0. The summed E-state index contributed by atoms with van der Waals surface area (Å²) in [5.41, 5.74) is 1.73. The van der Waals surface area contributed by atoms with Gasteiger partial charge in [-0.3, -0.25) is 9.59 Å². The maximum absolute atomic E-state index is 12.3. The molecular formula is C16H18N2O3S. The molecule has 1 aromatic heterocycles. The predicted octanol–water partition coefficient (Wildman–Crippen LogP) is 3.43. The first kappa shape index (κ1) is 15.0. The van der Waals surface area contributed by atoms with Crippen molar-refractivity contribution in [2.24, 2.45) is 11.8 Å². The number of rotatable bonds is 3. The van der Waals surface area contributed by atoms with Crippen LogP contribution in [0.5, 0.6) is 0 Å². The number of hydrogen-bond donors (Lipinski definition) is 2. The number of fused-ring (bicyclic) bond motifs is 1. The molecule has 2 aromatic rings. The second-order valence-electron chi connectivity index (χ2n) is 5.79. The first-order valence-electron chi connectivity index (χ1n) is 7.44. The molecule has 1 aliphatic carbocycles. The highest BCUT2D eigenvalue weighted by Gasteiger charge is 2.29. The minimum Gasteiger partial charge on any atom is -0.481 e. The van der Waals surface area contributed by atoms with Gasteiger partial charge in [0.25, 0.3) is 0 Å². The normalized spacial score (nSPS) is 21.7. The number of hydrogen-bond acceptors (Lipinski definition) is 4. The summed E-state index contributed by atoms with van der Waals surface area (Å²) in [7, 11) is 0. The van der Waals surface area contributed by atoms with Crippen LogP contribution in [0.3, 0.4) is 0 Å². The van der Waals surface area contributed by atoms with Crippen LogP contribution in [0, 0.1) is 18.8 Å². The molecule has 1 aliphatic rings. The SMILES string of the molecule is Cc1nc2ccc(NC(=O)C3CCC(C(=O)O)CC3)cc2s1. The number of carboxylic acid groups (broad SMARTS) is 1. The summed E-state index contributed by atoms with van der Waals surface area (Å²) >= 11 is 1.60. The van der Waals surface area contributed by atoms with Gasteiger partial charge in [0.1, 0.15) is 0 Å². The number of amides is 1. The lowest BCUT2D eigenvalue weighted by atomic mass is 9.81. The molecule has 116 valence electrons. The number of carbonyl (C=O) groups excluding carboxylic acids is 1. The summed E-state index contributed by atoms with van der Waals surface area (Å²) in [6.07, 6.45) is 2.45. The van der Waals surface area contributed by atoms with Crippen molar-refractivity contribution >= 4 is 39.1 Å². The number of nitrogens with one attached hydrogen (secondary N) is 1.